The number of carbonyl (C=O) groups excluding carboxylic acids is 2. The maximum atomic E-state index is 12.2. The molecule has 114 valence electrons. The summed E-state index contributed by atoms with van der Waals surface area (Å²) in [6, 6.07) is 12.8. The van der Waals surface area contributed by atoms with Crippen LogP contribution in [-0.2, 0) is 4.79 Å². The Labute approximate surface area is 132 Å². The van der Waals surface area contributed by atoms with E-state index < -0.39 is 6.04 Å². The molecule has 0 aliphatic carbocycles. The topological polar surface area (TPSA) is 78.4 Å². The summed E-state index contributed by atoms with van der Waals surface area (Å²) in [6.45, 7) is -0.224. The van der Waals surface area contributed by atoms with Crippen LogP contribution in [0.3, 0.4) is 0 Å². The molecule has 5 nitrogen and oxygen atoms in total. The zero-order chi connectivity index (χ0) is 15.9. The third-order valence-electron chi connectivity index (χ3n) is 3.13. The Morgan fingerprint density at radius 2 is 1.77 bits per heavy atom. The maximum Gasteiger partial charge on any atom is 0.251 e. The first-order valence-electron chi connectivity index (χ1n) is 6.61. The van der Waals surface area contributed by atoms with Crippen molar-refractivity contribution in [2.75, 3.05) is 11.9 Å². The monoisotopic (exact) mass is 318 g/mol. The predicted octanol–water partition coefficient (Wildman–Crippen LogP) is 2.37. The second kappa shape index (κ2) is 7.59. The molecule has 2 aromatic carbocycles. The van der Waals surface area contributed by atoms with E-state index in [2.05, 4.69) is 10.6 Å². The zero-order valence-electron chi connectivity index (χ0n) is 11.6. The van der Waals surface area contributed by atoms with Crippen LogP contribution in [-0.4, -0.2) is 24.0 Å². The van der Waals surface area contributed by atoms with Crippen molar-refractivity contribution in [1.82, 2.24) is 5.32 Å². The van der Waals surface area contributed by atoms with Crippen LogP contribution >= 0.6 is 11.6 Å². The van der Waals surface area contributed by atoms with Gasteiger partial charge in [0.05, 0.1) is 12.6 Å². The molecule has 2 rings (SSSR count). The number of amides is 2. The molecule has 0 saturated carbocycles. The van der Waals surface area contributed by atoms with Crippen molar-refractivity contribution in [2.24, 2.45) is 0 Å². The van der Waals surface area contributed by atoms with Gasteiger partial charge in [-0.25, -0.2) is 0 Å². The van der Waals surface area contributed by atoms with E-state index in [9.17, 15) is 14.7 Å². The van der Waals surface area contributed by atoms with E-state index in [0.717, 1.165) is 5.56 Å². The largest absolute Gasteiger partial charge is 0.394 e. The average molecular weight is 319 g/mol. The van der Waals surface area contributed by atoms with Gasteiger partial charge in [0.1, 0.15) is 0 Å². The number of nitrogens with one attached hydrogen (secondary N) is 2. The van der Waals surface area contributed by atoms with Crippen LogP contribution in [0.25, 0.3) is 0 Å². The van der Waals surface area contributed by atoms with Gasteiger partial charge in [0, 0.05) is 16.3 Å². The van der Waals surface area contributed by atoms with Gasteiger partial charge in [-0.3, -0.25) is 9.59 Å². The number of hydrogen-bond donors (Lipinski definition) is 3. The third kappa shape index (κ3) is 4.07. The number of hydrogen-bond acceptors (Lipinski definition) is 3. The molecule has 3 N–H and O–H groups in total. The summed E-state index contributed by atoms with van der Waals surface area (Å²) >= 11 is 5.82. The lowest BCUT2D eigenvalue weighted by atomic mass is 10.1. The quantitative estimate of drug-likeness (QED) is 0.715. The van der Waals surface area contributed by atoms with E-state index in [4.69, 9.17) is 11.6 Å². The Balaban J connectivity index is 2.08. The van der Waals surface area contributed by atoms with Crippen molar-refractivity contribution < 1.29 is 14.7 Å². The van der Waals surface area contributed by atoms with Crippen LogP contribution in [0, 0.1) is 0 Å². The Morgan fingerprint density at radius 1 is 1.14 bits per heavy atom. The van der Waals surface area contributed by atoms with Gasteiger partial charge in [0.2, 0.25) is 6.41 Å². The summed E-state index contributed by atoms with van der Waals surface area (Å²) in [5, 5.41) is 15.3. The van der Waals surface area contributed by atoms with Crippen LogP contribution in [0.5, 0.6) is 0 Å². The highest BCUT2D eigenvalue weighted by Crippen LogP contribution is 2.17. The number of rotatable bonds is 6. The van der Waals surface area contributed by atoms with Gasteiger partial charge in [-0.2, -0.15) is 0 Å². The molecule has 0 radical (unpaired) electrons. The van der Waals surface area contributed by atoms with Gasteiger partial charge in [-0.15, -0.1) is 0 Å². The van der Waals surface area contributed by atoms with Crippen LogP contribution in [0.2, 0.25) is 5.02 Å². The van der Waals surface area contributed by atoms with E-state index in [1.807, 2.05) is 0 Å². The summed E-state index contributed by atoms with van der Waals surface area (Å²) in [7, 11) is 0. The highest BCUT2D eigenvalue weighted by molar-refractivity contribution is 6.30. The molecule has 6 heteroatoms. The SMILES string of the molecule is O=CNc1ccc(C(=O)NC(CO)c2ccc(Cl)cc2)cc1. The Morgan fingerprint density at radius 3 is 2.32 bits per heavy atom. The lowest BCUT2D eigenvalue weighted by Crippen LogP contribution is -2.30. The molecule has 0 aliphatic heterocycles. The van der Waals surface area contributed by atoms with Crippen molar-refractivity contribution in [2.45, 2.75) is 6.04 Å². The van der Waals surface area contributed by atoms with Crippen LogP contribution in [0.15, 0.2) is 48.5 Å². The molecule has 0 aliphatic rings. The molecule has 2 amide bonds. The number of aliphatic hydroxyl groups is 1. The molecule has 0 saturated heterocycles. The normalized spacial score (nSPS) is 11.5. The standard InChI is InChI=1S/C16H15ClN2O3/c17-13-5-1-11(2-6-13)15(9-20)19-16(22)12-3-7-14(8-4-12)18-10-21/h1-8,10,15,20H,9H2,(H,18,21)(H,19,22). The Bertz CT molecular complexity index is 641. The molecule has 0 heterocycles. The molecule has 0 bridgehead atoms. The first-order valence-corrected chi connectivity index (χ1v) is 6.99. The van der Waals surface area contributed by atoms with Crippen molar-refractivity contribution in [3.63, 3.8) is 0 Å². The number of halogens is 1. The molecule has 0 aromatic heterocycles. The fraction of sp³-hybridized carbons (Fsp3) is 0.125. The van der Waals surface area contributed by atoms with E-state index in [-0.39, 0.29) is 12.5 Å². The van der Waals surface area contributed by atoms with Crippen molar-refractivity contribution >= 4 is 29.6 Å². The first-order chi connectivity index (χ1) is 10.6. The Hall–Kier alpha value is -2.37. The molecule has 0 fully saturated rings. The maximum absolute atomic E-state index is 12.2. The minimum absolute atomic E-state index is 0.224. The smallest absolute Gasteiger partial charge is 0.251 e. The van der Waals surface area contributed by atoms with E-state index >= 15 is 0 Å². The third-order valence-corrected chi connectivity index (χ3v) is 3.38. The van der Waals surface area contributed by atoms with Gasteiger partial charge < -0.3 is 15.7 Å². The van der Waals surface area contributed by atoms with E-state index in [1.54, 1.807) is 48.5 Å². The van der Waals surface area contributed by atoms with Gasteiger partial charge >= 0.3 is 0 Å². The molecule has 0 spiro atoms. The minimum Gasteiger partial charge on any atom is -0.394 e. The van der Waals surface area contributed by atoms with Crippen molar-refractivity contribution in [1.29, 1.82) is 0 Å². The summed E-state index contributed by atoms with van der Waals surface area (Å²) in [6.07, 6.45) is 0.567. The van der Waals surface area contributed by atoms with Gasteiger partial charge in [0.15, 0.2) is 0 Å². The number of anilines is 1. The van der Waals surface area contributed by atoms with E-state index in [0.29, 0.717) is 22.7 Å². The second-order valence-electron chi connectivity index (χ2n) is 4.60. The molecular formula is C16H15ClN2O3. The second-order valence-corrected chi connectivity index (χ2v) is 5.04. The fourth-order valence-corrected chi connectivity index (χ4v) is 2.08. The van der Waals surface area contributed by atoms with Crippen molar-refractivity contribution in [3.05, 3.63) is 64.7 Å². The van der Waals surface area contributed by atoms with Gasteiger partial charge in [0.25, 0.3) is 5.91 Å². The first kappa shape index (κ1) is 16.0. The highest BCUT2D eigenvalue weighted by atomic mass is 35.5. The molecule has 2 aromatic rings. The van der Waals surface area contributed by atoms with Crippen LogP contribution in [0.4, 0.5) is 5.69 Å². The summed E-state index contributed by atoms with van der Waals surface area (Å²) in [5.74, 6) is -0.313. The summed E-state index contributed by atoms with van der Waals surface area (Å²) in [5.41, 5.74) is 1.80. The Kier molecular flexibility index (Phi) is 5.52. The lowest BCUT2D eigenvalue weighted by molar-refractivity contribution is -0.105. The average Bonchev–Trinajstić information content (AvgIpc) is 2.54. The highest BCUT2D eigenvalue weighted by Gasteiger charge is 2.14. The number of benzene rings is 2. The number of carbonyl (C=O) groups is 2. The molecule has 22 heavy (non-hydrogen) atoms. The lowest BCUT2D eigenvalue weighted by Gasteiger charge is -2.17. The minimum atomic E-state index is -0.516. The molecule has 1 unspecified atom stereocenters. The fourth-order valence-electron chi connectivity index (χ4n) is 1.96. The van der Waals surface area contributed by atoms with Crippen LogP contribution < -0.4 is 10.6 Å². The number of aliphatic hydroxyl groups excluding tert-OH is 1. The molecule has 1 atom stereocenters. The van der Waals surface area contributed by atoms with E-state index in [1.165, 1.54) is 0 Å². The van der Waals surface area contributed by atoms with Crippen molar-refractivity contribution in [3.8, 4) is 0 Å². The predicted molar refractivity (Wildman–Crippen MR) is 84.9 cm³/mol. The van der Waals surface area contributed by atoms with Gasteiger partial charge in [-0.1, -0.05) is 23.7 Å². The zero-order valence-corrected chi connectivity index (χ0v) is 12.4. The van der Waals surface area contributed by atoms with Gasteiger partial charge in [-0.05, 0) is 42.0 Å². The van der Waals surface area contributed by atoms with Crippen LogP contribution in [0.1, 0.15) is 22.0 Å². The summed E-state index contributed by atoms with van der Waals surface area (Å²) in [4.78, 5) is 22.5. The summed E-state index contributed by atoms with van der Waals surface area (Å²) < 4.78 is 0. The molecular weight excluding hydrogens is 304 g/mol.